The Bertz CT molecular complexity index is 477. The molecule has 2 saturated heterocycles. The summed E-state index contributed by atoms with van der Waals surface area (Å²) in [5.41, 5.74) is 1.81. The molecule has 5 nitrogen and oxygen atoms in total. The van der Waals surface area contributed by atoms with Gasteiger partial charge in [0.2, 0.25) is 0 Å². The minimum atomic E-state index is 0.117. The van der Waals surface area contributed by atoms with Gasteiger partial charge in [0.15, 0.2) is 0 Å². The normalized spacial score (nSPS) is 20.4. The zero-order valence-corrected chi connectivity index (χ0v) is 12.1. The van der Waals surface area contributed by atoms with Crippen molar-refractivity contribution in [2.75, 3.05) is 51.2 Å². The lowest BCUT2D eigenvalue weighted by molar-refractivity contribution is 0.0663. The maximum Gasteiger partial charge on any atom is 0.255 e. The number of likely N-dealkylation sites (N-methyl/N-ethyl adjacent to an activating group) is 1. The van der Waals surface area contributed by atoms with Crippen molar-refractivity contribution < 1.29 is 4.79 Å². The maximum atomic E-state index is 12.5. The van der Waals surface area contributed by atoms with Crippen LogP contribution in [0.15, 0.2) is 18.5 Å². The van der Waals surface area contributed by atoms with Gasteiger partial charge in [-0.3, -0.25) is 9.78 Å². The number of carbonyl (C=O) groups is 1. The van der Waals surface area contributed by atoms with Crippen molar-refractivity contribution in [2.45, 2.75) is 12.8 Å². The third-order valence-corrected chi connectivity index (χ3v) is 4.23. The number of carbonyl (C=O) groups excluding carboxylic acids is 1. The summed E-state index contributed by atoms with van der Waals surface area (Å²) in [4.78, 5) is 23.3. The first-order valence-electron chi connectivity index (χ1n) is 7.42. The van der Waals surface area contributed by atoms with Gasteiger partial charge in [-0.15, -0.1) is 0 Å². The van der Waals surface area contributed by atoms with Crippen LogP contribution in [0, 0.1) is 0 Å². The summed E-state index contributed by atoms with van der Waals surface area (Å²) in [5, 5.41) is 0. The van der Waals surface area contributed by atoms with Crippen LogP contribution in [0.4, 0.5) is 5.69 Å². The molecule has 1 amide bonds. The Morgan fingerprint density at radius 1 is 1.05 bits per heavy atom. The Labute approximate surface area is 120 Å². The van der Waals surface area contributed by atoms with Gasteiger partial charge in [0.1, 0.15) is 0 Å². The predicted octanol–water partition coefficient (Wildman–Crippen LogP) is 1.07. The molecule has 0 N–H and O–H groups in total. The van der Waals surface area contributed by atoms with Crippen molar-refractivity contribution in [1.82, 2.24) is 14.8 Å². The van der Waals surface area contributed by atoms with Crippen molar-refractivity contribution in [3.63, 3.8) is 0 Å². The summed E-state index contributed by atoms with van der Waals surface area (Å²) >= 11 is 0. The zero-order chi connectivity index (χ0) is 13.9. The van der Waals surface area contributed by atoms with Gasteiger partial charge in [0.05, 0.1) is 17.4 Å². The van der Waals surface area contributed by atoms with Crippen molar-refractivity contribution in [3.05, 3.63) is 24.0 Å². The zero-order valence-electron chi connectivity index (χ0n) is 12.1. The monoisotopic (exact) mass is 274 g/mol. The first-order valence-corrected chi connectivity index (χ1v) is 7.42. The highest BCUT2D eigenvalue weighted by molar-refractivity contribution is 5.94. The molecular formula is C15H22N4O. The van der Waals surface area contributed by atoms with E-state index in [0.29, 0.717) is 0 Å². The van der Waals surface area contributed by atoms with Gasteiger partial charge in [0, 0.05) is 45.5 Å². The van der Waals surface area contributed by atoms with Crippen LogP contribution in [0.3, 0.4) is 0 Å². The average molecular weight is 274 g/mol. The summed E-state index contributed by atoms with van der Waals surface area (Å²) in [6.45, 7) is 5.67. The van der Waals surface area contributed by atoms with E-state index >= 15 is 0 Å². The van der Waals surface area contributed by atoms with E-state index in [2.05, 4.69) is 21.8 Å². The number of hydrogen-bond acceptors (Lipinski definition) is 4. The molecule has 0 radical (unpaired) electrons. The summed E-state index contributed by atoms with van der Waals surface area (Å²) in [5.74, 6) is 0.117. The largest absolute Gasteiger partial charge is 0.370 e. The van der Waals surface area contributed by atoms with Crippen molar-refractivity contribution >= 4 is 11.6 Å². The summed E-state index contributed by atoms with van der Waals surface area (Å²) in [7, 11) is 2.09. The molecule has 108 valence electrons. The number of hydrogen-bond donors (Lipinski definition) is 0. The summed E-state index contributed by atoms with van der Waals surface area (Å²) < 4.78 is 0. The third kappa shape index (κ3) is 2.77. The highest BCUT2D eigenvalue weighted by Gasteiger charge is 2.21. The summed E-state index contributed by atoms with van der Waals surface area (Å²) in [6, 6.07) is 2.00. The number of amides is 1. The van der Waals surface area contributed by atoms with E-state index in [1.807, 2.05) is 17.2 Å². The Kier molecular flexibility index (Phi) is 3.87. The van der Waals surface area contributed by atoms with Gasteiger partial charge in [-0.05, 0) is 26.0 Å². The first-order chi connectivity index (χ1) is 9.74. The van der Waals surface area contributed by atoms with Crippen LogP contribution < -0.4 is 4.90 Å². The van der Waals surface area contributed by atoms with Gasteiger partial charge < -0.3 is 14.7 Å². The fourth-order valence-corrected chi connectivity index (χ4v) is 2.89. The Hall–Kier alpha value is -1.62. The van der Waals surface area contributed by atoms with Crippen LogP contribution in [0.2, 0.25) is 0 Å². The maximum absolute atomic E-state index is 12.5. The molecule has 1 aromatic heterocycles. The SMILES string of the molecule is CN1CCN(C(=O)c2cncc(N3CCCC3)c2)CC1. The summed E-state index contributed by atoms with van der Waals surface area (Å²) in [6.07, 6.45) is 6.03. The fourth-order valence-electron chi connectivity index (χ4n) is 2.89. The van der Waals surface area contributed by atoms with Gasteiger partial charge in [-0.2, -0.15) is 0 Å². The quantitative estimate of drug-likeness (QED) is 0.809. The molecular weight excluding hydrogens is 252 g/mol. The minimum absolute atomic E-state index is 0.117. The smallest absolute Gasteiger partial charge is 0.255 e. The number of nitrogens with zero attached hydrogens (tertiary/aromatic N) is 4. The van der Waals surface area contributed by atoms with Gasteiger partial charge in [0.25, 0.3) is 5.91 Å². The molecule has 1 aromatic rings. The van der Waals surface area contributed by atoms with E-state index in [9.17, 15) is 4.79 Å². The third-order valence-electron chi connectivity index (χ3n) is 4.23. The van der Waals surface area contributed by atoms with Crippen molar-refractivity contribution in [1.29, 1.82) is 0 Å². The lowest BCUT2D eigenvalue weighted by Crippen LogP contribution is -2.47. The second-order valence-electron chi connectivity index (χ2n) is 5.72. The standard InChI is InChI=1S/C15H22N4O/c1-17-6-8-19(9-7-17)15(20)13-10-14(12-16-11-13)18-4-2-3-5-18/h10-12H,2-9H2,1H3. The molecule has 0 atom stereocenters. The van der Waals surface area contributed by atoms with Crippen LogP contribution in [0.25, 0.3) is 0 Å². The first kappa shape index (κ1) is 13.4. The Balaban J connectivity index is 1.72. The van der Waals surface area contributed by atoms with Crippen LogP contribution in [-0.4, -0.2) is 67.0 Å². The van der Waals surface area contributed by atoms with Gasteiger partial charge >= 0.3 is 0 Å². The van der Waals surface area contributed by atoms with Crippen LogP contribution in [-0.2, 0) is 0 Å². The minimum Gasteiger partial charge on any atom is -0.370 e. The highest BCUT2D eigenvalue weighted by atomic mass is 16.2. The van der Waals surface area contributed by atoms with E-state index in [-0.39, 0.29) is 5.91 Å². The van der Waals surface area contributed by atoms with Crippen LogP contribution >= 0.6 is 0 Å². The molecule has 0 spiro atoms. The molecule has 0 aliphatic carbocycles. The van der Waals surface area contributed by atoms with E-state index in [1.165, 1.54) is 12.8 Å². The Morgan fingerprint density at radius 2 is 1.75 bits per heavy atom. The second-order valence-corrected chi connectivity index (χ2v) is 5.72. The fraction of sp³-hybridized carbons (Fsp3) is 0.600. The van der Waals surface area contributed by atoms with E-state index in [4.69, 9.17) is 0 Å². The molecule has 2 aliphatic heterocycles. The number of piperazine rings is 1. The van der Waals surface area contributed by atoms with Crippen molar-refractivity contribution in [3.8, 4) is 0 Å². The molecule has 0 unspecified atom stereocenters. The molecule has 0 bridgehead atoms. The van der Waals surface area contributed by atoms with Gasteiger partial charge in [-0.25, -0.2) is 0 Å². The lowest BCUT2D eigenvalue weighted by Gasteiger charge is -2.32. The number of aromatic nitrogens is 1. The molecule has 0 saturated carbocycles. The highest BCUT2D eigenvalue weighted by Crippen LogP contribution is 2.20. The molecule has 20 heavy (non-hydrogen) atoms. The van der Waals surface area contributed by atoms with E-state index in [0.717, 1.165) is 50.5 Å². The topological polar surface area (TPSA) is 39.7 Å². The Morgan fingerprint density at radius 3 is 2.45 bits per heavy atom. The predicted molar refractivity (Wildman–Crippen MR) is 79.1 cm³/mol. The second kappa shape index (κ2) is 5.79. The number of pyridine rings is 1. The molecule has 5 heteroatoms. The molecule has 3 rings (SSSR count). The molecule has 2 aliphatic rings. The lowest BCUT2D eigenvalue weighted by atomic mass is 10.2. The van der Waals surface area contributed by atoms with Crippen molar-refractivity contribution in [2.24, 2.45) is 0 Å². The molecule has 2 fully saturated rings. The van der Waals surface area contributed by atoms with E-state index in [1.54, 1.807) is 6.20 Å². The molecule has 3 heterocycles. The van der Waals surface area contributed by atoms with E-state index < -0.39 is 0 Å². The van der Waals surface area contributed by atoms with Crippen LogP contribution in [0.1, 0.15) is 23.2 Å². The number of anilines is 1. The molecule has 0 aromatic carbocycles. The van der Waals surface area contributed by atoms with Crippen LogP contribution in [0.5, 0.6) is 0 Å². The van der Waals surface area contributed by atoms with Gasteiger partial charge in [-0.1, -0.05) is 0 Å². The average Bonchev–Trinajstić information content (AvgIpc) is 3.02. The number of rotatable bonds is 2.